The molecule has 2 aromatic carbocycles. The fraction of sp³-hybridized carbons (Fsp3) is 0.0476. The molecule has 0 aliphatic rings. The van der Waals surface area contributed by atoms with Gasteiger partial charge in [0.25, 0.3) is 0 Å². The van der Waals surface area contributed by atoms with Crippen molar-refractivity contribution in [2.24, 2.45) is 0 Å². The van der Waals surface area contributed by atoms with Crippen molar-refractivity contribution in [1.29, 1.82) is 0 Å². The van der Waals surface area contributed by atoms with Crippen molar-refractivity contribution in [3.63, 3.8) is 0 Å². The molecule has 2 rings (SSSR count). The van der Waals surface area contributed by atoms with Crippen LogP contribution in [0.1, 0.15) is 12.5 Å². The highest BCUT2D eigenvalue weighted by atomic mass is 19.1. The highest BCUT2D eigenvalue weighted by Gasteiger charge is 1.98. The third kappa shape index (κ3) is 3.32. The molecule has 0 spiro atoms. The molecule has 0 nitrogen and oxygen atoms in total. The van der Waals surface area contributed by atoms with Crippen LogP contribution >= 0.6 is 0 Å². The fourth-order valence-electron chi connectivity index (χ4n) is 2.44. The van der Waals surface area contributed by atoms with Gasteiger partial charge in [-0.25, -0.2) is 4.39 Å². The number of allylic oxidation sites excluding steroid dienone is 2. The number of benzene rings is 1. The average molecular weight is 290 g/mol. The summed E-state index contributed by atoms with van der Waals surface area (Å²) in [6, 6.07) is 10.5. The van der Waals surface area contributed by atoms with Crippen LogP contribution < -0.4 is 15.7 Å². The minimum absolute atomic E-state index is 0.333. The first kappa shape index (κ1) is 15.7. The Labute approximate surface area is 130 Å². The minimum Gasteiger partial charge on any atom is -0.207 e. The van der Waals surface area contributed by atoms with Crippen molar-refractivity contribution in [3.8, 4) is 0 Å². The molecule has 1 heteroatoms. The molecule has 0 aliphatic heterocycles. The third-order valence-corrected chi connectivity index (χ3v) is 3.41. The Morgan fingerprint density at radius 1 is 1.05 bits per heavy atom. The second-order valence-electron chi connectivity index (χ2n) is 5.04. The van der Waals surface area contributed by atoms with Crippen LogP contribution in [0.25, 0.3) is 36.1 Å². The second kappa shape index (κ2) is 6.86. The van der Waals surface area contributed by atoms with E-state index < -0.39 is 0 Å². The summed E-state index contributed by atoms with van der Waals surface area (Å²) in [5.41, 5.74) is 1.01. The normalized spacial score (nSPS) is 11.8. The molecule has 0 saturated carbocycles. The Bertz CT molecular complexity index is 948. The van der Waals surface area contributed by atoms with Gasteiger partial charge in [-0.3, -0.25) is 0 Å². The Morgan fingerprint density at radius 2 is 1.82 bits per heavy atom. The molecule has 0 amide bonds. The summed E-state index contributed by atoms with van der Waals surface area (Å²) in [7, 11) is 0. The van der Waals surface area contributed by atoms with E-state index in [2.05, 4.69) is 19.7 Å². The van der Waals surface area contributed by atoms with Crippen molar-refractivity contribution < 1.29 is 4.39 Å². The van der Waals surface area contributed by atoms with Crippen molar-refractivity contribution in [2.45, 2.75) is 6.92 Å². The first-order chi connectivity index (χ1) is 10.6. The molecule has 22 heavy (non-hydrogen) atoms. The van der Waals surface area contributed by atoms with Gasteiger partial charge in [-0.1, -0.05) is 68.3 Å². The summed E-state index contributed by atoms with van der Waals surface area (Å²) in [6.07, 6.45) is 7.65. The van der Waals surface area contributed by atoms with Gasteiger partial charge in [0, 0.05) is 0 Å². The average Bonchev–Trinajstić information content (AvgIpc) is 2.46. The van der Waals surface area contributed by atoms with Crippen LogP contribution in [0.2, 0.25) is 0 Å². The van der Waals surface area contributed by atoms with Crippen molar-refractivity contribution in [3.05, 3.63) is 82.2 Å². The molecular formula is C21H19F. The number of rotatable bonds is 2. The van der Waals surface area contributed by atoms with Crippen LogP contribution in [-0.4, -0.2) is 0 Å². The molecule has 2 bridgehead atoms. The maximum atomic E-state index is 14.0. The van der Waals surface area contributed by atoms with E-state index in [0.29, 0.717) is 5.22 Å². The fourth-order valence-corrected chi connectivity index (χ4v) is 2.44. The SMILES string of the molecule is C=C/C=c1/ccc2cc(F)cc(=C)ccc(/C=C\C)c1c2=C. The van der Waals surface area contributed by atoms with Gasteiger partial charge in [-0.05, 0) is 51.0 Å². The van der Waals surface area contributed by atoms with Crippen molar-refractivity contribution >= 4 is 36.1 Å². The molecular weight excluding hydrogens is 271 g/mol. The van der Waals surface area contributed by atoms with E-state index >= 15 is 0 Å². The number of halogens is 1. The molecule has 0 aromatic heterocycles. The summed E-state index contributed by atoms with van der Waals surface area (Å²) in [6.45, 7) is 13.7. The van der Waals surface area contributed by atoms with Crippen LogP contribution in [0.3, 0.4) is 0 Å². The third-order valence-electron chi connectivity index (χ3n) is 3.41. The summed E-state index contributed by atoms with van der Waals surface area (Å²) in [5, 5.41) is 4.15. The highest BCUT2D eigenvalue weighted by Crippen LogP contribution is 2.06. The summed E-state index contributed by atoms with van der Waals surface area (Å²) in [4.78, 5) is 0. The van der Waals surface area contributed by atoms with Crippen LogP contribution in [0.15, 0.2) is 55.1 Å². The zero-order valence-corrected chi connectivity index (χ0v) is 12.8. The Hall–Kier alpha value is -2.67. The van der Waals surface area contributed by atoms with E-state index in [4.69, 9.17) is 0 Å². The van der Waals surface area contributed by atoms with E-state index in [9.17, 15) is 4.39 Å². The molecule has 110 valence electrons. The molecule has 2 aromatic rings. The summed E-state index contributed by atoms with van der Waals surface area (Å²) >= 11 is 0. The Kier molecular flexibility index (Phi) is 4.90. The number of hydrogen-bond acceptors (Lipinski definition) is 0. The van der Waals surface area contributed by atoms with Gasteiger partial charge >= 0.3 is 0 Å². The van der Waals surface area contributed by atoms with Gasteiger partial charge in [0.05, 0.1) is 0 Å². The number of fused-ring (bicyclic) bond motifs is 2. The molecule has 0 N–H and O–H groups in total. The van der Waals surface area contributed by atoms with Crippen LogP contribution in [-0.2, 0) is 0 Å². The zero-order chi connectivity index (χ0) is 16.1. The molecule has 0 atom stereocenters. The van der Waals surface area contributed by atoms with Crippen LogP contribution in [0.4, 0.5) is 4.39 Å². The predicted molar refractivity (Wildman–Crippen MR) is 96.4 cm³/mol. The van der Waals surface area contributed by atoms with E-state index in [1.165, 1.54) is 12.1 Å². The molecule has 0 aliphatic carbocycles. The van der Waals surface area contributed by atoms with E-state index in [-0.39, 0.29) is 5.82 Å². The topological polar surface area (TPSA) is 0 Å². The first-order valence-electron chi connectivity index (χ1n) is 7.10. The monoisotopic (exact) mass is 290 g/mol. The van der Waals surface area contributed by atoms with Gasteiger partial charge < -0.3 is 0 Å². The molecule has 0 fully saturated rings. The van der Waals surface area contributed by atoms with Crippen molar-refractivity contribution in [1.82, 2.24) is 0 Å². The molecule has 0 radical (unpaired) electrons. The maximum absolute atomic E-state index is 14.0. The van der Waals surface area contributed by atoms with Crippen LogP contribution in [0, 0.1) is 5.82 Å². The first-order valence-corrected chi connectivity index (χ1v) is 7.10. The van der Waals surface area contributed by atoms with E-state index in [1.807, 2.05) is 43.4 Å². The number of hydrogen-bond donors (Lipinski definition) is 0. The van der Waals surface area contributed by atoms with Crippen LogP contribution in [0.5, 0.6) is 0 Å². The maximum Gasteiger partial charge on any atom is 0.124 e. The molecule has 0 heterocycles. The lowest BCUT2D eigenvalue weighted by Crippen LogP contribution is -2.14. The lowest BCUT2D eigenvalue weighted by atomic mass is 10.0. The lowest BCUT2D eigenvalue weighted by molar-refractivity contribution is 0.629. The smallest absolute Gasteiger partial charge is 0.124 e. The largest absolute Gasteiger partial charge is 0.207 e. The summed E-state index contributed by atoms with van der Waals surface area (Å²) in [5.74, 6) is -0.333. The highest BCUT2D eigenvalue weighted by molar-refractivity contribution is 5.80. The van der Waals surface area contributed by atoms with Gasteiger partial charge in [-0.2, -0.15) is 0 Å². The Balaban J connectivity index is 3.23. The zero-order valence-electron chi connectivity index (χ0n) is 12.8. The van der Waals surface area contributed by atoms with Gasteiger partial charge in [0.1, 0.15) is 5.82 Å². The van der Waals surface area contributed by atoms with Gasteiger partial charge in [0.2, 0.25) is 0 Å². The molecule has 0 saturated heterocycles. The molecule has 0 unspecified atom stereocenters. The van der Waals surface area contributed by atoms with E-state index in [0.717, 1.165) is 26.8 Å². The summed E-state index contributed by atoms with van der Waals surface area (Å²) < 4.78 is 14.0. The second-order valence-corrected chi connectivity index (χ2v) is 5.04. The lowest BCUT2D eigenvalue weighted by Gasteiger charge is -2.02. The minimum atomic E-state index is -0.333. The van der Waals surface area contributed by atoms with Gasteiger partial charge in [-0.15, -0.1) is 0 Å². The predicted octanol–water partition coefficient (Wildman–Crippen LogP) is 3.64. The standard InChI is InChI=1S/C21H19F/c1-5-7-17-10-9-15(3)13-20(22)14-19-12-11-18(8-6-2)21(17)16(19)4/h5-14H,2-4H2,1H3/b7-5-,10-9?,18-8-,19-14?,20-13?,21-17?. The Morgan fingerprint density at radius 3 is 2.50 bits per heavy atom. The van der Waals surface area contributed by atoms with Gasteiger partial charge in [0.15, 0.2) is 0 Å². The van der Waals surface area contributed by atoms with E-state index in [1.54, 1.807) is 12.1 Å². The van der Waals surface area contributed by atoms with Crippen molar-refractivity contribution in [2.75, 3.05) is 0 Å². The quantitative estimate of drug-likeness (QED) is 0.792.